The number of rotatable bonds is 0. The Kier molecular flexibility index (Phi) is 2.10. The maximum absolute atomic E-state index is 12.3. The van der Waals surface area contributed by atoms with Crippen LogP contribution in [0.2, 0.25) is 0 Å². The number of carbonyl (C=O) groups excluding carboxylic acids is 1. The van der Waals surface area contributed by atoms with Crippen LogP contribution >= 0.6 is 0 Å². The van der Waals surface area contributed by atoms with Gasteiger partial charge in [0.25, 0.3) is 5.91 Å². The van der Waals surface area contributed by atoms with Gasteiger partial charge >= 0.3 is 6.18 Å². The minimum Gasteiger partial charge on any atom is -0.272 e. The molecule has 15 heavy (non-hydrogen) atoms. The van der Waals surface area contributed by atoms with Gasteiger partial charge in [-0.1, -0.05) is 12.2 Å². The highest BCUT2D eigenvalue weighted by molar-refractivity contribution is 5.98. The van der Waals surface area contributed by atoms with Gasteiger partial charge in [0.05, 0.1) is 11.5 Å². The van der Waals surface area contributed by atoms with Gasteiger partial charge in [-0.2, -0.15) is 13.2 Å². The van der Waals surface area contributed by atoms with Crippen LogP contribution in [0.5, 0.6) is 0 Å². The average molecular weight is 213 g/mol. The molecule has 1 heterocycles. The van der Waals surface area contributed by atoms with E-state index in [0.29, 0.717) is 5.57 Å². The highest BCUT2D eigenvalue weighted by Gasteiger charge is 2.36. The molecule has 0 N–H and O–H groups in total. The molecule has 78 valence electrons. The molecule has 2 aliphatic rings. The van der Waals surface area contributed by atoms with Crippen LogP contribution in [0.15, 0.2) is 40.4 Å². The predicted octanol–water partition coefficient (Wildman–Crippen LogP) is 2.20. The number of aliphatic imine (C=N–C) groups is 1. The summed E-state index contributed by atoms with van der Waals surface area (Å²) in [4.78, 5) is 14.7. The quantitative estimate of drug-likeness (QED) is 0.606. The van der Waals surface area contributed by atoms with Crippen molar-refractivity contribution in [2.45, 2.75) is 6.18 Å². The zero-order chi connectivity index (χ0) is 11.1. The molecule has 0 aromatic heterocycles. The molecule has 0 spiro atoms. The fraction of sp³-hybridized carbons (Fsp3) is 0.200. The molecular weight excluding hydrogens is 207 g/mol. The van der Waals surface area contributed by atoms with Crippen molar-refractivity contribution in [3.63, 3.8) is 0 Å². The molecule has 0 saturated carbocycles. The van der Waals surface area contributed by atoms with E-state index in [0.717, 1.165) is 12.2 Å². The van der Waals surface area contributed by atoms with Crippen molar-refractivity contribution >= 4 is 12.1 Å². The largest absolute Gasteiger partial charge is 0.416 e. The van der Waals surface area contributed by atoms with E-state index in [1.165, 1.54) is 18.4 Å². The molecule has 0 aromatic carbocycles. The second kappa shape index (κ2) is 3.18. The molecule has 5 heteroatoms. The van der Waals surface area contributed by atoms with E-state index in [-0.39, 0.29) is 0 Å². The van der Waals surface area contributed by atoms with E-state index >= 15 is 0 Å². The number of hydrogen-bond donors (Lipinski definition) is 0. The number of halogens is 3. The zero-order valence-corrected chi connectivity index (χ0v) is 7.45. The van der Waals surface area contributed by atoms with Crippen molar-refractivity contribution in [2.75, 3.05) is 0 Å². The summed E-state index contributed by atoms with van der Waals surface area (Å²) < 4.78 is 37.0. The Labute approximate surface area is 83.5 Å². The molecule has 0 aromatic rings. The minimum atomic E-state index is -4.41. The van der Waals surface area contributed by atoms with Crippen LogP contribution in [0.3, 0.4) is 0 Å². The number of nitrogens with zero attached hydrogens (tertiary/aromatic N) is 1. The van der Waals surface area contributed by atoms with E-state index in [1.54, 1.807) is 0 Å². The van der Waals surface area contributed by atoms with Gasteiger partial charge in [0.15, 0.2) is 0 Å². The zero-order valence-electron chi connectivity index (χ0n) is 7.45. The lowest BCUT2D eigenvalue weighted by molar-refractivity contribution is -0.119. The molecule has 0 saturated heterocycles. The summed E-state index contributed by atoms with van der Waals surface area (Å²) in [6.45, 7) is 0. The van der Waals surface area contributed by atoms with Crippen molar-refractivity contribution in [3.8, 4) is 0 Å². The summed E-state index contributed by atoms with van der Waals surface area (Å²) in [6.07, 6.45) is 1.59. The first-order valence-corrected chi connectivity index (χ1v) is 4.23. The normalized spacial score (nSPS) is 24.7. The lowest BCUT2D eigenvalue weighted by Gasteiger charge is -2.20. The molecule has 1 aliphatic heterocycles. The summed E-state index contributed by atoms with van der Waals surface area (Å²) in [5.74, 6) is -1.43. The van der Waals surface area contributed by atoms with Crippen LogP contribution in [0.25, 0.3) is 0 Å². The van der Waals surface area contributed by atoms with Gasteiger partial charge in [-0.15, -0.1) is 0 Å². The molecule has 1 aliphatic carbocycles. The summed E-state index contributed by atoms with van der Waals surface area (Å²) in [6, 6.07) is 0. The van der Waals surface area contributed by atoms with Crippen molar-refractivity contribution in [1.29, 1.82) is 0 Å². The predicted molar refractivity (Wildman–Crippen MR) is 48.4 cm³/mol. The smallest absolute Gasteiger partial charge is 0.272 e. The highest BCUT2D eigenvalue weighted by atomic mass is 19.4. The Morgan fingerprint density at radius 2 is 2.00 bits per heavy atom. The van der Waals surface area contributed by atoms with E-state index in [9.17, 15) is 18.0 Å². The third-order valence-corrected chi connectivity index (χ3v) is 2.22. The Bertz CT molecular complexity index is 426. The van der Waals surface area contributed by atoms with Gasteiger partial charge in [-0.05, 0) is 17.7 Å². The fourth-order valence-electron chi connectivity index (χ4n) is 1.46. The van der Waals surface area contributed by atoms with E-state index in [2.05, 4.69) is 4.99 Å². The van der Waals surface area contributed by atoms with Gasteiger partial charge < -0.3 is 0 Å². The summed E-state index contributed by atoms with van der Waals surface area (Å²) in [7, 11) is 0. The minimum absolute atomic E-state index is 0.544. The SMILES string of the molecule is O=C1N=CC=C2C=CC(C(F)(F)F)=CC12. The number of fused-ring (bicyclic) bond motifs is 1. The number of amides is 1. The first-order valence-electron chi connectivity index (χ1n) is 4.23. The highest BCUT2D eigenvalue weighted by Crippen LogP contribution is 2.34. The van der Waals surface area contributed by atoms with E-state index in [1.807, 2.05) is 0 Å². The van der Waals surface area contributed by atoms with Gasteiger partial charge in [0.1, 0.15) is 0 Å². The van der Waals surface area contributed by atoms with Crippen molar-refractivity contribution < 1.29 is 18.0 Å². The first-order chi connectivity index (χ1) is 6.98. The molecule has 2 rings (SSSR count). The van der Waals surface area contributed by atoms with Gasteiger partial charge in [-0.25, -0.2) is 4.99 Å². The van der Waals surface area contributed by atoms with Crippen LogP contribution in [-0.4, -0.2) is 18.3 Å². The van der Waals surface area contributed by atoms with Crippen LogP contribution in [-0.2, 0) is 4.79 Å². The molecule has 1 amide bonds. The maximum Gasteiger partial charge on any atom is 0.416 e. The number of carbonyl (C=O) groups is 1. The van der Waals surface area contributed by atoms with E-state index in [4.69, 9.17) is 0 Å². The van der Waals surface area contributed by atoms with E-state index < -0.39 is 23.6 Å². The Morgan fingerprint density at radius 1 is 1.27 bits per heavy atom. The van der Waals surface area contributed by atoms with Gasteiger partial charge in [0.2, 0.25) is 0 Å². The molecular formula is C10H6F3NO. The first kappa shape index (κ1) is 9.89. The number of alkyl halides is 3. The standard InChI is InChI=1S/C10H6F3NO/c11-10(12,13)7-2-1-6-3-4-14-9(15)8(6)5-7/h1-5,8H. The summed E-state index contributed by atoms with van der Waals surface area (Å²) >= 11 is 0. The Balaban J connectivity index is 2.38. The van der Waals surface area contributed by atoms with Crippen LogP contribution in [0.4, 0.5) is 13.2 Å². The molecule has 1 atom stereocenters. The third-order valence-electron chi connectivity index (χ3n) is 2.22. The average Bonchev–Trinajstić information content (AvgIpc) is 2.16. The number of dihydropyridines is 1. The van der Waals surface area contributed by atoms with Crippen LogP contribution < -0.4 is 0 Å². The summed E-state index contributed by atoms with van der Waals surface area (Å²) in [5.41, 5.74) is -0.252. The number of allylic oxidation sites excluding steroid dienone is 4. The topological polar surface area (TPSA) is 29.4 Å². The Morgan fingerprint density at radius 3 is 2.67 bits per heavy atom. The molecule has 0 fully saturated rings. The lowest BCUT2D eigenvalue weighted by Crippen LogP contribution is -2.21. The monoisotopic (exact) mass is 213 g/mol. The van der Waals surface area contributed by atoms with Gasteiger partial charge in [0, 0.05) is 6.21 Å². The van der Waals surface area contributed by atoms with Crippen molar-refractivity contribution in [3.05, 3.63) is 35.5 Å². The summed E-state index contributed by atoms with van der Waals surface area (Å²) in [5, 5.41) is 0. The van der Waals surface area contributed by atoms with Crippen molar-refractivity contribution in [2.24, 2.45) is 10.9 Å². The maximum atomic E-state index is 12.3. The fourth-order valence-corrected chi connectivity index (χ4v) is 1.46. The van der Waals surface area contributed by atoms with Gasteiger partial charge in [-0.3, -0.25) is 4.79 Å². The molecule has 0 radical (unpaired) electrons. The molecule has 2 nitrogen and oxygen atoms in total. The second-order valence-electron chi connectivity index (χ2n) is 3.21. The molecule has 1 unspecified atom stereocenters. The molecule has 0 bridgehead atoms. The third kappa shape index (κ3) is 1.77. The van der Waals surface area contributed by atoms with Crippen LogP contribution in [0, 0.1) is 5.92 Å². The lowest BCUT2D eigenvalue weighted by atomic mass is 9.89. The second-order valence-corrected chi connectivity index (χ2v) is 3.21. The van der Waals surface area contributed by atoms with Crippen LogP contribution in [0.1, 0.15) is 0 Å². The number of hydrogen-bond acceptors (Lipinski definition) is 1. The Hall–Kier alpha value is -1.65. The van der Waals surface area contributed by atoms with Crippen molar-refractivity contribution in [1.82, 2.24) is 0 Å².